The number of rotatable bonds is 2. The van der Waals surface area contributed by atoms with Gasteiger partial charge in [0.25, 0.3) is 5.91 Å². The molecule has 5 nitrogen and oxygen atoms in total. The van der Waals surface area contributed by atoms with Gasteiger partial charge >= 0.3 is 6.18 Å². The van der Waals surface area contributed by atoms with Crippen molar-refractivity contribution in [3.8, 4) is 25.7 Å². The monoisotopic (exact) mass is 456 g/mol. The van der Waals surface area contributed by atoms with E-state index in [0.29, 0.717) is 5.56 Å². The van der Waals surface area contributed by atoms with Crippen LogP contribution in [0.1, 0.15) is 35.2 Å². The average molecular weight is 457 g/mol. The third kappa shape index (κ3) is 21.6. The average Bonchev–Trinajstić information content (AvgIpc) is 2.83. The Morgan fingerprint density at radius 3 is 1.72 bits per heavy atom. The molecule has 1 aromatic rings. The van der Waals surface area contributed by atoms with Gasteiger partial charge in [-0.2, -0.15) is 13.2 Å². The number of benzene rings is 1. The van der Waals surface area contributed by atoms with Crippen molar-refractivity contribution in [3.05, 3.63) is 48.6 Å². The SMILES string of the molecule is C#C.C#C.C=C.CN1CCCCC1.CNC(=O)c1ccc(C)cc1.O=C[C@@H](O)C(F)(F)F. The summed E-state index contributed by atoms with van der Waals surface area (Å²) < 4.78 is 32.9. The van der Waals surface area contributed by atoms with E-state index in [2.05, 4.69) is 56.1 Å². The van der Waals surface area contributed by atoms with Crippen LogP contribution in [0, 0.1) is 32.6 Å². The molecule has 1 amide bonds. The Morgan fingerprint density at radius 2 is 1.50 bits per heavy atom. The van der Waals surface area contributed by atoms with Crippen LogP contribution in [0.15, 0.2) is 37.4 Å². The molecule has 1 saturated heterocycles. The van der Waals surface area contributed by atoms with Gasteiger partial charge < -0.3 is 20.1 Å². The summed E-state index contributed by atoms with van der Waals surface area (Å²) in [4.78, 5) is 22.6. The van der Waals surface area contributed by atoms with Gasteiger partial charge in [0.2, 0.25) is 6.10 Å². The Morgan fingerprint density at radius 1 is 1.09 bits per heavy atom. The number of aliphatic hydroxyl groups excluding tert-OH is 1. The van der Waals surface area contributed by atoms with Gasteiger partial charge in [0.05, 0.1) is 0 Å². The molecular formula is C24H35F3N2O3. The number of amides is 1. The fraction of sp³-hybridized carbons (Fsp3) is 0.417. The number of hydrogen-bond acceptors (Lipinski definition) is 4. The summed E-state index contributed by atoms with van der Waals surface area (Å²) in [6.45, 7) is 10.6. The molecule has 2 N–H and O–H groups in total. The van der Waals surface area contributed by atoms with Crippen molar-refractivity contribution in [2.75, 3.05) is 27.2 Å². The lowest BCUT2D eigenvalue weighted by atomic mass is 10.1. The maximum Gasteiger partial charge on any atom is 0.421 e. The molecule has 32 heavy (non-hydrogen) atoms. The predicted octanol–water partition coefficient (Wildman–Crippen LogP) is 3.87. The van der Waals surface area contributed by atoms with Crippen LogP contribution in [0.5, 0.6) is 0 Å². The summed E-state index contributed by atoms with van der Waals surface area (Å²) in [5.74, 6) is -0.0370. The van der Waals surface area contributed by atoms with Crippen molar-refractivity contribution in [2.45, 2.75) is 38.5 Å². The number of carbonyl (C=O) groups excluding carboxylic acids is 2. The Balaban J connectivity index is -0.000000167. The summed E-state index contributed by atoms with van der Waals surface area (Å²) in [6, 6.07) is 7.47. The van der Waals surface area contributed by atoms with E-state index >= 15 is 0 Å². The molecule has 1 atom stereocenters. The van der Waals surface area contributed by atoms with Crippen LogP contribution < -0.4 is 5.32 Å². The van der Waals surface area contributed by atoms with E-state index in [-0.39, 0.29) is 5.91 Å². The number of hydrogen-bond donors (Lipinski definition) is 2. The number of likely N-dealkylation sites (tertiary alicyclic amines) is 1. The zero-order valence-electron chi connectivity index (χ0n) is 19.1. The molecule has 0 saturated carbocycles. The summed E-state index contributed by atoms with van der Waals surface area (Å²) in [5, 5.41) is 10.3. The molecule has 0 aromatic heterocycles. The van der Waals surface area contributed by atoms with E-state index in [0.717, 1.165) is 5.56 Å². The highest BCUT2D eigenvalue weighted by Crippen LogP contribution is 2.17. The molecule has 0 spiro atoms. The zero-order chi connectivity index (χ0) is 26.2. The minimum absolute atomic E-state index is 0.0370. The molecule has 0 aliphatic carbocycles. The molecule has 0 unspecified atom stereocenters. The van der Waals surface area contributed by atoms with Crippen molar-refractivity contribution >= 4 is 12.2 Å². The first kappa shape index (κ1) is 36.3. The molecule has 180 valence electrons. The first-order valence-corrected chi connectivity index (χ1v) is 9.45. The number of alkyl halides is 3. The fourth-order valence-electron chi connectivity index (χ4n) is 1.98. The lowest BCUT2D eigenvalue weighted by molar-refractivity contribution is -0.197. The van der Waals surface area contributed by atoms with Gasteiger partial charge in [0.15, 0.2) is 6.29 Å². The zero-order valence-corrected chi connectivity index (χ0v) is 19.1. The number of nitrogens with zero attached hydrogens (tertiary/aromatic N) is 1. The van der Waals surface area contributed by atoms with Crippen LogP contribution in [0.25, 0.3) is 0 Å². The highest BCUT2D eigenvalue weighted by Gasteiger charge is 2.37. The standard InChI is InChI=1S/C9H11NO.C6H13N.C3H3F3O2.C2H4.2C2H2/c1-7-3-5-8(6-4-7)9(11)10-2;1-7-5-3-2-4-6-7;4-3(5,6)2(8)1-7;3*1-2/h3-6H,1-2H3,(H,10,11);2-6H2,1H3;1-2,8H;1-2H2;2*1-2H/t;;2-;;;/m..1.../s1. The van der Waals surface area contributed by atoms with Gasteiger partial charge in [-0.15, -0.1) is 38.9 Å². The van der Waals surface area contributed by atoms with Gasteiger partial charge in [-0.3, -0.25) is 4.79 Å². The van der Waals surface area contributed by atoms with Crippen LogP contribution in [-0.4, -0.2) is 61.7 Å². The van der Waals surface area contributed by atoms with E-state index in [9.17, 15) is 22.8 Å². The maximum absolute atomic E-state index is 11.0. The molecule has 8 heteroatoms. The molecule has 2 rings (SSSR count). The van der Waals surface area contributed by atoms with Crippen LogP contribution in [-0.2, 0) is 4.79 Å². The Bertz CT molecular complexity index is 615. The molecular weight excluding hydrogens is 421 g/mol. The quantitative estimate of drug-likeness (QED) is 0.403. The van der Waals surface area contributed by atoms with Gasteiger partial charge in [0.1, 0.15) is 0 Å². The number of terminal acetylenes is 2. The molecule has 1 heterocycles. The first-order valence-electron chi connectivity index (χ1n) is 9.45. The number of halogens is 3. The topological polar surface area (TPSA) is 69.6 Å². The summed E-state index contributed by atoms with van der Waals surface area (Å²) in [5.41, 5.74) is 1.87. The van der Waals surface area contributed by atoms with Crippen LogP contribution in [0.4, 0.5) is 13.2 Å². The number of carbonyl (C=O) groups is 2. The maximum atomic E-state index is 11.0. The molecule has 1 fully saturated rings. The number of piperidine rings is 1. The third-order valence-electron chi connectivity index (χ3n) is 3.58. The fourth-order valence-corrected chi connectivity index (χ4v) is 1.98. The van der Waals surface area contributed by atoms with Crippen LogP contribution >= 0.6 is 0 Å². The molecule has 1 aromatic carbocycles. The second kappa shape index (κ2) is 24.2. The Kier molecular flexibility index (Phi) is 27.5. The molecule has 0 radical (unpaired) electrons. The van der Waals surface area contributed by atoms with Crippen molar-refractivity contribution in [1.82, 2.24) is 10.2 Å². The number of aryl methyl sites for hydroxylation is 1. The van der Waals surface area contributed by atoms with E-state index < -0.39 is 18.6 Å². The minimum Gasteiger partial charge on any atom is -0.377 e. The molecule has 1 aliphatic rings. The summed E-state index contributed by atoms with van der Waals surface area (Å²) in [6.07, 6.45) is 12.1. The van der Waals surface area contributed by atoms with Crippen molar-refractivity contribution in [1.29, 1.82) is 0 Å². The van der Waals surface area contributed by atoms with E-state index in [1.807, 2.05) is 31.2 Å². The highest BCUT2D eigenvalue weighted by atomic mass is 19.4. The largest absolute Gasteiger partial charge is 0.421 e. The number of nitrogens with one attached hydrogen (secondary N) is 1. The van der Waals surface area contributed by atoms with Gasteiger partial charge in [-0.1, -0.05) is 24.1 Å². The number of aldehydes is 1. The summed E-state index contributed by atoms with van der Waals surface area (Å²) in [7, 11) is 3.82. The molecule has 1 aliphatic heterocycles. The van der Waals surface area contributed by atoms with Crippen LogP contribution in [0.3, 0.4) is 0 Å². The number of aliphatic hydroxyl groups is 1. The normalized spacial score (nSPS) is 12.8. The van der Waals surface area contributed by atoms with Crippen molar-refractivity contribution < 1.29 is 27.9 Å². The lowest BCUT2D eigenvalue weighted by Crippen LogP contribution is -2.29. The summed E-state index contributed by atoms with van der Waals surface area (Å²) >= 11 is 0. The third-order valence-corrected chi connectivity index (χ3v) is 3.58. The smallest absolute Gasteiger partial charge is 0.377 e. The Labute approximate surface area is 190 Å². The first-order chi connectivity index (χ1) is 15.1. The van der Waals surface area contributed by atoms with E-state index in [1.165, 1.54) is 32.4 Å². The predicted molar refractivity (Wildman–Crippen MR) is 125 cm³/mol. The van der Waals surface area contributed by atoms with Crippen molar-refractivity contribution in [3.63, 3.8) is 0 Å². The van der Waals surface area contributed by atoms with E-state index in [4.69, 9.17) is 5.11 Å². The van der Waals surface area contributed by atoms with Gasteiger partial charge in [-0.05, 0) is 52.0 Å². The lowest BCUT2D eigenvalue weighted by Gasteiger charge is -2.20. The molecule has 0 bridgehead atoms. The van der Waals surface area contributed by atoms with Crippen molar-refractivity contribution in [2.24, 2.45) is 0 Å². The minimum atomic E-state index is -4.80. The van der Waals surface area contributed by atoms with E-state index in [1.54, 1.807) is 7.05 Å². The highest BCUT2D eigenvalue weighted by molar-refractivity contribution is 5.93. The second-order valence-corrected chi connectivity index (χ2v) is 5.93. The Hall–Kier alpha value is -3.07. The van der Waals surface area contributed by atoms with Gasteiger partial charge in [-0.25, -0.2) is 0 Å². The van der Waals surface area contributed by atoms with Crippen LogP contribution in [0.2, 0.25) is 0 Å². The van der Waals surface area contributed by atoms with Gasteiger partial charge in [0, 0.05) is 12.6 Å². The second-order valence-electron chi connectivity index (χ2n) is 5.93.